The van der Waals surface area contributed by atoms with Crippen molar-refractivity contribution in [1.82, 2.24) is 0 Å². The van der Waals surface area contributed by atoms with Gasteiger partial charge in [-0.1, -0.05) is 24.3 Å². The topological polar surface area (TPSA) is 230 Å². The van der Waals surface area contributed by atoms with E-state index in [1.807, 2.05) is 48.5 Å². The summed E-state index contributed by atoms with van der Waals surface area (Å²) in [5.41, 5.74) is 0.849. The molecule has 0 fully saturated rings. The van der Waals surface area contributed by atoms with Crippen molar-refractivity contribution in [3.63, 3.8) is 0 Å². The predicted octanol–water partition coefficient (Wildman–Crippen LogP) is 5.12. The lowest BCUT2D eigenvalue weighted by molar-refractivity contribution is -0.146. The summed E-state index contributed by atoms with van der Waals surface area (Å²) in [6.45, 7) is 23.9. The van der Waals surface area contributed by atoms with Crippen LogP contribution in [0.15, 0.2) is 53.7 Å². The van der Waals surface area contributed by atoms with Crippen LogP contribution >= 0.6 is 0 Å². The lowest BCUT2D eigenvalue weighted by Crippen LogP contribution is -2.46. The molecule has 0 aliphatic rings. The van der Waals surface area contributed by atoms with Crippen LogP contribution in [-0.2, 0) is 88.8 Å². The molecule has 1 aromatic carbocycles. The minimum atomic E-state index is -3.83. The molecule has 0 aliphatic heterocycles. The molecule has 0 spiro atoms. The van der Waals surface area contributed by atoms with E-state index in [1.165, 1.54) is 12.1 Å². The van der Waals surface area contributed by atoms with Crippen LogP contribution in [0.4, 0.5) is 0 Å². The second-order valence-electron chi connectivity index (χ2n) is 13.4. The van der Waals surface area contributed by atoms with Crippen molar-refractivity contribution >= 4 is 55.5 Å². The predicted molar refractivity (Wildman–Crippen MR) is 241 cm³/mol. The summed E-state index contributed by atoms with van der Waals surface area (Å²) >= 11 is 0. The second-order valence-corrected chi connectivity index (χ2v) is 22.4. The first kappa shape index (κ1) is 60.9. The number of ether oxygens (including phenoxy) is 5. The molecule has 0 unspecified atom stereocenters. The Morgan fingerprint density at radius 1 is 0.562 bits per heavy atom. The summed E-state index contributed by atoms with van der Waals surface area (Å²) in [7, 11) is -13.0. The molecule has 0 saturated carbocycles. The van der Waals surface area contributed by atoms with Gasteiger partial charge in [0.1, 0.15) is 13.2 Å². The van der Waals surface area contributed by atoms with E-state index >= 15 is 0 Å². The van der Waals surface area contributed by atoms with Crippen molar-refractivity contribution in [2.75, 3.05) is 97.9 Å². The van der Waals surface area contributed by atoms with E-state index in [4.69, 9.17) is 50.2 Å². The Bertz CT molecular complexity index is 1690. The first-order chi connectivity index (χ1) is 30.3. The van der Waals surface area contributed by atoms with Gasteiger partial charge >= 0.3 is 45.6 Å². The molecule has 0 bridgehead atoms. The maximum absolute atomic E-state index is 12.4. The number of carbonyl (C=O) groups is 3. The van der Waals surface area contributed by atoms with Gasteiger partial charge in [0.2, 0.25) is 5.76 Å². The SMILES string of the molecule is C=C(CS(=O)(=O)c1ccc(C)cc1)C(=O)OCCC[Si](OCC)(OCC)OCC.C=C(OS(C)(=O)=O)C(=O)OCCOCCOCCOC(=O)CCCC[Si](OCC)(OCC)OCC. The minimum absolute atomic E-state index is 0.0796. The van der Waals surface area contributed by atoms with Crippen molar-refractivity contribution in [3.8, 4) is 0 Å². The third-order valence-corrected chi connectivity index (χ3v) is 16.5. The third-order valence-electron chi connectivity index (χ3n) is 8.00. The van der Waals surface area contributed by atoms with Gasteiger partial charge in [0.25, 0.3) is 0 Å². The van der Waals surface area contributed by atoms with Gasteiger partial charge in [0.05, 0.1) is 49.9 Å². The van der Waals surface area contributed by atoms with Gasteiger partial charge in [-0.15, -0.1) is 0 Å². The van der Waals surface area contributed by atoms with E-state index in [0.717, 1.165) is 18.2 Å². The van der Waals surface area contributed by atoms with Crippen LogP contribution in [0.5, 0.6) is 0 Å². The van der Waals surface area contributed by atoms with Crippen LogP contribution in [0.2, 0.25) is 12.1 Å². The van der Waals surface area contributed by atoms with E-state index in [-0.39, 0.29) is 62.7 Å². The zero-order valence-electron chi connectivity index (χ0n) is 38.9. The largest absolute Gasteiger partial charge is 0.501 e. The van der Waals surface area contributed by atoms with Crippen LogP contribution in [0.3, 0.4) is 0 Å². The zero-order valence-corrected chi connectivity index (χ0v) is 42.6. The number of benzene rings is 1. The van der Waals surface area contributed by atoms with Crippen LogP contribution in [0.1, 0.15) is 72.8 Å². The molecule has 23 heteroatoms. The van der Waals surface area contributed by atoms with Crippen molar-refractivity contribution in [2.45, 2.75) is 91.1 Å². The minimum Gasteiger partial charge on any atom is -0.463 e. The molecule has 0 aliphatic carbocycles. The smallest absolute Gasteiger partial charge is 0.463 e. The van der Waals surface area contributed by atoms with Gasteiger partial charge in [-0.3, -0.25) is 4.79 Å². The van der Waals surface area contributed by atoms with Gasteiger partial charge in [-0.25, -0.2) is 18.0 Å². The van der Waals surface area contributed by atoms with Crippen LogP contribution in [0.25, 0.3) is 0 Å². The molecule has 0 atom stereocenters. The summed E-state index contributed by atoms with van der Waals surface area (Å²) in [4.78, 5) is 35.6. The van der Waals surface area contributed by atoms with E-state index in [0.29, 0.717) is 71.0 Å². The van der Waals surface area contributed by atoms with E-state index < -0.39 is 61.0 Å². The van der Waals surface area contributed by atoms with Crippen LogP contribution < -0.4 is 0 Å². The molecule has 0 heterocycles. The normalized spacial score (nSPS) is 11.9. The van der Waals surface area contributed by atoms with Crippen molar-refractivity contribution in [1.29, 1.82) is 0 Å². The highest BCUT2D eigenvalue weighted by atomic mass is 32.2. The Labute approximate surface area is 383 Å². The molecular weight excluding hydrogens is 917 g/mol. The molecule has 0 aromatic heterocycles. The number of carbonyl (C=O) groups excluding carboxylic acids is 3. The maximum Gasteiger partial charge on any atom is 0.501 e. The van der Waals surface area contributed by atoms with Crippen LogP contribution in [0, 0.1) is 6.92 Å². The number of rotatable bonds is 37. The molecule has 0 saturated heterocycles. The lowest BCUT2D eigenvalue weighted by atomic mass is 10.2. The Morgan fingerprint density at radius 3 is 1.44 bits per heavy atom. The monoisotopic (exact) mass is 988 g/mol. The van der Waals surface area contributed by atoms with Crippen molar-refractivity contribution in [3.05, 3.63) is 54.3 Å². The molecular formula is C41H72O19S2Si2. The molecule has 1 aromatic rings. The average Bonchev–Trinajstić information content (AvgIpc) is 3.22. The summed E-state index contributed by atoms with van der Waals surface area (Å²) < 4.78 is 111. The van der Waals surface area contributed by atoms with E-state index in [9.17, 15) is 31.2 Å². The lowest BCUT2D eigenvalue weighted by Gasteiger charge is -2.28. The molecule has 370 valence electrons. The van der Waals surface area contributed by atoms with E-state index in [2.05, 4.69) is 17.3 Å². The maximum atomic E-state index is 12.4. The van der Waals surface area contributed by atoms with Gasteiger partial charge < -0.3 is 54.4 Å². The molecule has 0 N–H and O–H groups in total. The van der Waals surface area contributed by atoms with Crippen LogP contribution in [-0.4, -0.2) is 150 Å². The Balaban J connectivity index is 0.00000126. The second kappa shape index (κ2) is 34.3. The number of hydrogen-bond acceptors (Lipinski definition) is 19. The quantitative estimate of drug-likeness (QED) is 0.0160. The number of esters is 3. The fraction of sp³-hybridized carbons (Fsp3) is 0.683. The number of hydrogen-bond donors (Lipinski definition) is 0. The van der Waals surface area contributed by atoms with Gasteiger partial charge in [0.15, 0.2) is 9.84 Å². The molecule has 19 nitrogen and oxygen atoms in total. The molecule has 1 rings (SSSR count). The van der Waals surface area contributed by atoms with Gasteiger partial charge in [-0.05, 0) is 86.4 Å². The fourth-order valence-corrected chi connectivity index (χ4v) is 12.4. The highest BCUT2D eigenvalue weighted by Crippen LogP contribution is 2.21. The highest BCUT2D eigenvalue weighted by molar-refractivity contribution is 7.91. The Kier molecular flexibility index (Phi) is 32.6. The fourth-order valence-electron chi connectivity index (χ4n) is 5.39. The zero-order chi connectivity index (χ0) is 48.5. The summed E-state index contributed by atoms with van der Waals surface area (Å²) in [6, 6.07) is 7.61. The van der Waals surface area contributed by atoms with Gasteiger partial charge in [-0.2, -0.15) is 8.42 Å². The van der Waals surface area contributed by atoms with Crippen molar-refractivity contribution < 1.29 is 85.6 Å². The summed E-state index contributed by atoms with van der Waals surface area (Å²) in [5.74, 6) is -3.12. The number of unbranched alkanes of at least 4 members (excludes halogenated alkanes) is 1. The van der Waals surface area contributed by atoms with E-state index in [1.54, 1.807) is 12.1 Å². The first-order valence-corrected chi connectivity index (χ1v) is 28.7. The Hall–Kier alpha value is -3.08. The average molecular weight is 989 g/mol. The highest BCUT2D eigenvalue weighted by Gasteiger charge is 2.40. The summed E-state index contributed by atoms with van der Waals surface area (Å²) in [5, 5.41) is 0. The molecule has 64 heavy (non-hydrogen) atoms. The number of aryl methyl sites for hydroxylation is 1. The Morgan fingerprint density at radius 2 is 0.984 bits per heavy atom. The summed E-state index contributed by atoms with van der Waals surface area (Å²) in [6.07, 6.45) is 2.95. The molecule has 0 amide bonds. The number of sulfone groups is 1. The first-order valence-electron chi connectivity index (χ1n) is 21.3. The standard InChI is InChI=1S/C21H40O12SSi.C20H32O7SSi/c1-6-30-35(31-7-2,32-8-3)18-10-9-11-20(22)28-16-14-26-12-13-27-15-17-29-21(23)19(4)33-34(5,24)25;1-6-25-29(26-7-2,27-8-3)15-9-14-24-20(21)18(5)16-28(22,23)19-12-10-17(4)11-13-19/h4,6-18H2,1-3,5H3;10-13H,5-9,14-16H2,1-4H3. The molecule has 0 radical (unpaired) electrons. The van der Waals surface area contributed by atoms with Crippen molar-refractivity contribution in [2.24, 2.45) is 0 Å². The van der Waals surface area contributed by atoms with Gasteiger partial charge in [0, 0.05) is 63.7 Å². The third kappa shape index (κ3) is 28.1.